The number of hydrogen-bond donors (Lipinski definition) is 0. The van der Waals surface area contributed by atoms with Crippen LogP contribution in [0.1, 0.15) is 18.9 Å². The lowest BCUT2D eigenvalue weighted by atomic mass is 10.2. The van der Waals surface area contributed by atoms with Gasteiger partial charge in [-0.15, -0.1) is 0 Å². The Balaban J connectivity index is 3.28. The summed E-state index contributed by atoms with van der Waals surface area (Å²) in [7, 11) is 1.51. The molecule has 0 N–H and O–H groups in total. The Hall–Kier alpha value is -1.57. The van der Waals surface area contributed by atoms with Crippen LogP contribution in [0.25, 0.3) is 6.08 Å². The van der Waals surface area contributed by atoms with E-state index < -0.39 is 0 Å². The highest BCUT2D eigenvalue weighted by Crippen LogP contribution is 2.13. The van der Waals surface area contributed by atoms with Crippen molar-refractivity contribution in [3.63, 3.8) is 0 Å². The van der Waals surface area contributed by atoms with Gasteiger partial charge in [-0.25, -0.2) is 0 Å². The molecule has 0 aliphatic rings. The van der Waals surface area contributed by atoms with E-state index >= 15 is 0 Å². The van der Waals surface area contributed by atoms with Crippen molar-refractivity contribution in [3.05, 3.63) is 46.1 Å². The fourth-order valence-electron chi connectivity index (χ4n) is 1.19. The molecule has 74 valence electrons. The standard InChI is InChI=1S/C12H14O2/c1-3-4-7-10-8-5-6-9-11(13)12(10)14-2/h4-9H,3H2,1-2H3/b7-4-. The number of ether oxygens (including phenoxy) is 1. The van der Waals surface area contributed by atoms with E-state index in [1.54, 1.807) is 6.07 Å². The maximum atomic E-state index is 11.5. The lowest BCUT2D eigenvalue weighted by Crippen LogP contribution is -2.01. The Labute approximate surface area is 83.9 Å². The van der Waals surface area contributed by atoms with Crippen molar-refractivity contribution >= 4 is 6.08 Å². The van der Waals surface area contributed by atoms with Gasteiger partial charge in [-0.05, 0) is 12.5 Å². The van der Waals surface area contributed by atoms with E-state index in [2.05, 4.69) is 0 Å². The highest BCUT2D eigenvalue weighted by Gasteiger charge is 2.00. The third kappa shape index (κ3) is 2.46. The molecule has 0 atom stereocenters. The summed E-state index contributed by atoms with van der Waals surface area (Å²) in [6.45, 7) is 2.05. The van der Waals surface area contributed by atoms with Crippen LogP contribution in [0.2, 0.25) is 0 Å². The molecule has 0 saturated carbocycles. The molecule has 0 unspecified atom stereocenters. The summed E-state index contributed by atoms with van der Waals surface area (Å²) in [6, 6.07) is 6.92. The number of methoxy groups -OCH3 is 1. The topological polar surface area (TPSA) is 26.3 Å². The van der Waals surface area contributed by atoms with Crippen LogP contribution >= 0.6 is 0 Å². The first-order valence-corrected chi connectivity index (χ1v) is 4.63. The first kappa shape index (κ1) is 10.5. The minimum absolute atomic E-state index is 0.0896. The highest BCUT2D eigenvalue weighted by atomic mass is 16.5. The predicted molar refractivity (Wildman–Crippen MR) is 58.6 cm³/mol. The molecule has 0 spiro atoms. The van der Waals surface area contributed by atoms with E-state index in [0.717, 1.165) is 12.0 Å². The smallest absolute Gasteiger partial charge is 0.220 e. The highest BCUT2D eigenvalue weighted by molar-refractivity contribution is 5.56. The first-order chi connectivity index (χ1) is 6.79. The van der Waals surface area contributed by atoms with Gasteiger partial charge in [0.25, 0.3) is 0 Å². The number of rotatable bonds is 3. The molecule has 0 bridgehead atoms. The van der Waals surface area contributed by atoms with Crippen LogP contribution in [-0.2, 0) is 0 Å². The summed E-state index contributed by atoms with van der Waals surface area (Å²) in [6.07, 6.45) is 4.84. The maximum Gasteiger partial charge on any atom is 0.220 e. The SMILES string of the molecule is CC/C=C\c1ccccc(=O)c1OC. The molecule has 0 fully saturated rings. The summed E-state index contributed by atoms with van der Waals surface area (Å²) >= 11 is 0. The average molecular weight is 190 g/mol. The molecule has 1 rings (SSSR count). The van der Waals surface area contributed by atoms with Gasteiger partial charge in [0.05, 0.1) is 7.11 Å². The van der Waals surface area contributed by atoms with Crippen molar-refractivity contribution < 1.29 is 4.74 Å². The van der Waals surface area contributed by atoms with Gasteiger partial charge in [0.1, 0.15) is 0 Å². The van der Waals surface area contributed by atoms with Crippen LogP contribution in [0.4, 0.5) is 0 Å². The van der Waals surface area contributed by atoms with Crippen LogP contribution in [0.3, 0.4) is 0 Å². The molecular formula is C12H14O2. The first-order valence-electron chi connectivity index (χ1n) is 4.63. The molecule has 0 aliphatic carbocycles. The quantitative estimate of drug-likeness (QED) is 0.732. The van der Waals surface area contributed by atoms with Crippen LogP contribution in [-0.4, -0.2) is 7.11 Å². The Morgan fingerprint density at radius 1 is 1.36 bits per heavy atom. The second-order valence-electron chi connectivity index (χ2n) is 2.88. The van der Waals surface area contributed by atoms with Gasteiger partial charge in [-0.2, -0.15) is 0 Å². The van der Waals surface area contributed by atoms with E-state index in [0.29, 0.717) is 5.75 Å². The van der Waals surface area contributed by atoms with Gasteiger partial charge >= 0.3 is 0 Å². The molecule has 0 aromatic heterocycles. The molecule has 0 aliphatic heterocycles. The minimum atomic E-state index is -0.0896. The zero-order chi connectivity index (χ0) is 10.4. The average Bonchev–Trinajstić information content (AvgIpc) is 2.36. The van der Waals surface area contributed by atoms with Crippen LogP contribution in [0.5, 0.6) is 5.75 Å². The molecule has 0 heterocycles. The second-order valence-corrected chi connectivity index (χ2v) is 2.88. The summed E-state index contributed by atoms with van der Waals surface area (Å²) in [5.74, 6) is 0.403. The van der Waals surface area contributed by atoms with Gasteiger partial charge < -0.3 is 4.74 Å². The molecular weight excluding hydrogens is 176 g/mol. The summed E-state index contributed by atoms with van der Waals surface area (Å²) in [5, 5.41) is 0. The Morgan fingerprint density at radius 3 is 2.71 bits per heavy atom. The summed E-state index contributed by atoms with van der Waals surface area (Å²) in [5.41, 5.74) is 0.734. The Bertz CT molecular complexity index is 380. The van der Waals surface area contributed by atoms with E-state index in [4.69, 9.17) is 4.74 Å². The molecule has 14 heavy (non-hydrogen) atoms. The van der Waals surface area contributed by atoms with Gasteiger partial charge in [-0.3, -0.25) is 4.79 Å². The van der Waals surface area contributed by atoms with Crippen molar-refractivity contribution in [1.82, 2.24) is 0 Å². The van der Waals surface area contributed by atoms with E-state index in [-0.39, 0.29) is 5.43 Å². The van der Waals surface area contributed by atoms with Crippen LogP contribution in [0, 0.1) is 0 Å². The second kappa shape index (κ2) is 5.22. The summed E-state index contributed by atoms with van der Waals surface area (Å²) in [4.78, 5) is 11.5. The van der Waals surface area contributed by atoms with Gasteiger partial charge in [0.15, 0.2) is 5.75 Å². The van der Waals surface area contributed by atoms with E-state index in [1.165, 1.54) is 13.2 Å². The molecule has 0 radical (unpaired) electrons. The fourth-order valence-corrected chi connectivity index (χ4v) is 1.19. The number of allylic oxidation sites excluding steroid dienone is 1. The maximum absolute atomic E-state index is 11.5. The van der Waals surface area contributed by atoms with Crippen molar-refractivity contribution in [2.75, 3.05) is 7.11 Å². The zero-order valence-corrected chi connectivity index (χ0v) is 8.49. The van der Waals surface area contributed by atoms with Crippen LogP contribution in [0.15, 0.2) is 35.1 Å². The Morgan fingerprint density at radius 2 is 2.07 bits per heavy atom. The lowest BCUT2D eigenvalue weighted by molar-refractivity contribution is 0.410. The fraction of sp³-hybridized carbons (Fsp3) is 0.250. The van der Waals surface area contributed by atoms with Crippen molar-refractivity contribution in [2.24, 2.45) is 0 Å². The summed E-state index contributed by atoms with van der Waals surface area (Å²) < 4.78 is 5.07. The molecule has 0 amide bonds. The molecule has 1 aromatic rings. The normalized spacial score (nSPS) is 10.4. The third-order valence-electron chi connectivity index (χ3n) is 1.86. The lowest BCUT2D eigenvalue weighted by Gasteiger charge is -1.98. The van der Waals surface area contributed by atoms with Crippen molar-refractivity contribution in [3.8, 4) is 5.75 Å². The minimum Gasteiger partial charge on any atom is -0.492 e. The largest absolute Gasteiger partial charge is 0.492 e. The van der Waals surface area contributed by atoms with Crippen molar-refractivity contribution in [2.45, 2.75) is 13.3 Å². The van der Waals surface area contributed by atoms with Crippen LogP contribution < -0.4 is 10.2 Å². The van der Waals surface area contributed by atoms with Gasteiger partial charge in [0.2, 0.25) is 5.43 Å². The molecule has 1 aromatic carbocycles. The van der Waals surface area contributed by atoms with E-state index in [9.17, 15) is 4.79 Å². The molecule has 2 nitrogen and oxygen atoms in total. The third-order valence-corrected chi connectivity index (χ3v) is 1.86. The van der Waals surface area contributed by atoms with Gasteiger partial charge in [-0.1, -0.05) is 37.3 Å². The Kier molecular flexibility index (Phi) is 3.92. The number of hydrogen-bond acceptors (Lipinski definition) is 2. The van der Waals surface area contributed by atoms with Crippen molar-refractivity contribution in [1.29, 1.82) is 0 Å². The molecule has 0 saturated heterocycles. The van der Waals surface area contributed by atoms with E-state index in [1.807, 2.05) is 31.2 Å². The monoisotopic (exact) mass is 190 g/mol. The predicted octanol–water partition coefficient (Wildman–Crippen LogP) is 2.48. The zero-order valence-electron chi connectivity index (χ0n) is 8.49. The molecule has 2 heteroatoms. The van der Waals surface area contributed by atoms with Gasteiger partial charge in [0, 0.05) is 5.56 Å².